The lowest BCUT2D eigenvalue weighted by atomic mass is 10.1. The smallest absolute Gasteiger partial charge is 0.271 e. The molecule has 100 valence electrons. The lowest BCUT2D eigenvalue weighted by Gasteiger charge is -1.99. The van der Waals surface area contributed by atoms with Gasteiger partial charge in [-0.15, -0.1) is 0 Å². The van der Waals surface area contributed by atoms with Gasteiger partial charge in [-0.05, 0) is 13.1 Å². The summed E-state index contributed by atoms with van der Waals surface area (Å²) in [6, 6.07) is 4.31. The number of rotatable bonds is 5. The van der Waals surface area contributed by atoms with Gasteiger partial charge >= 0.3 is 0 Å². The van der Waals surface area contributed by atoms with Crippen LogP contribution in [0, 0.1) is 10.1 Å². The number of benzene rings is 1. The Kier molecular flexibility index (Phi) is 4.13. The van der Waals surface area contributed by atoms with E-state index < -0.39 is 4.92 Å². The third-order valence-corrected chi connectivity index (χ3v) is 2.74. The number of likely N-dealkylation sites (N-methyl/N-ethyl adjacent to an activating group) is 1. The van der Waals surface area contributed by atoms with E-state index in [0.29, 0.717) is 23.6 Å². The van der Waals surface area contributed by atoms with Crippen LogP contribution in [0.1, 0.15) is 5.89 Å². The van der Waals surface area contributed by atoms with E-state index in [1.807, 2.05) is 7.05 Å². The number of nitro groups is 1. The number of nitrogens with one attached hydrogen (secondary N) is 1. The first-order chi connectivity index (χ1) is 9.10. The Morgan fingerprint density at radius 1 is 1.47 bits per heavy atom. The topological polar surface area (TPSA) is 81.2 Å². The minimum Gasteiger partial charge on any atom is -0.441 e. The highest BCUT2D eigenvalue weighted by atomic mass is 35.5. The van der Waals surface area contributed by atoms with E-state index in [-0.39, 0.29) is 10.7 Å². The van der Waals surface area contributed by atoms with E-state index in [9.17, 15) is 10.1 Å². The average molecular weight is 282 g/mol. The molecule has 0 aliphatic heterocycles. The van der Waals surface area contributed by atoms with Gasteiger partial charge in [-0.25, -0.2) is 4.98 Å². The van der Waals surface area contributed by atoms with Crippen molar-refractivity contribution in [3.8, 4) is 11.3 Å². The molecule has 0 fully saturated rings. The molecule has 0 atom stereocenters. The van der Waals surface area contributed by atoms with Gasteiger partial charge < -0.3 is 9.73 Å². The zero-order valence-corrected chi connectivity index (χ0v) is 11.0. The van der Waals surface area contributed by atoms with Crippen molar-refractivity contribution in [3.63, 3.8) is 0 Å². The highest BCUT2D eigenvalue weighted by molar-refractivity contribution is 6.31. The fraction of sp³-hybridized carbons (Fsp3) is 0.250. The number of halogens is 1. The predicted octanol–water partition coefficient (Wildman–Crippen LogP) is 2.67. The summed E-state index contributed by atoms with van der Waals surface area (Å²) < 4.78 is 5.53. The molecule has 1 aromatic carbocycles. The molecule has 19 heavy (non-hydrogen) atoms. The molecule has 1 N–H and O–H groups in total. The van der Waals surface area contributed by atoms with Gasteiger partial charge in [-0.1, -0.05) is 11.6 Å². The fourth-order valence-corrected chi connectivity index (χ4v) is 1.84. The Balaban J connectivity index is 2.30. The normalized spacial score (nSPS) is 10.6. The number of hydrogen-bond acceptors (Lipinski definition) is 5. The lowest BCUT2D eigenvalue weighted by molar-refractivity contribution is -0.384. The van der Waals surface area contributed by atoms with Crippen LogP contribution in [0.3, 0.4) is 0 Å². The van der Waals surface area contributed by atoms with Crippen LogP contribution < -0.4 is 5.32 Å². The molecular weight excluding hydrogens is 270 g/mol. The number of non-ortho nitro benzene ring substituents is 1. The second kappa shape index (κ2) is 5.81. The second-order valence-corrected chi connectivity index (χ2v) is 4.36. The molecule has 0 saturated carbocycles. The quantitative estimate of drug-likeness (QED) is 0.673. The summed E-state index contributed by atoms with van der Waals surface area (Å²) in [5.41, 5.74) is 0.470. The molecule has 2 aromatic rings. The third-order valence-electron chi connectivity index (χ3n) is 2.52. The molecule has 0 bridgehead atoms. The SMILES string of the molecule is CNCCc1ncc(-c2cc(Cl)cc([N+](=O)[O-])c2)o1. The molecule has 1 heterocycles. The van der Waals surface area contributed by atoms with Gasteiger partial charge in [0.1, 0.15) is 0 Å². The van der Waals surface area contributed by atoms with Gasteiger partial charge in [0.25, 0.3) is 5.69 Å². The number of nitro benzene ring substituents is 1. The van der Waals surface area contributed by atoms with E-state index in [0.717, 1.165) is 6.54 Å². The van der Waals surface area contributed by atoms with Gasteiger partial charge in [0.05, 0.1) is 11.1 Å². The zero-order valence-electron chi connectivity index (χ0n) is 10.2. The highest BCUT2D eigenvalue weighted by Crippen LogP contribution is 2.28. The number of oxazole rings is 1. The van der Waals surface area contributed by atoms with Crippen molar-refractivity contribution in [2.24, 2.45) is 0 Å². The van der Waals surface area contributed by atoms with Crippen molar-refractivity contribution < 1.29 is 9.34 Å². The fourth-order valence-electron chi connectivity index (χ4n) is 1.61. The first kappa shape index (κ1) is 13.5. The molecule has 6 nitrogen and oxygen atoms in total. The van der Waals surface area contributed by atoms with E-state index >= 15 is 0 Å². The van der Waals surface area contributed by atoms with Gasteiger partial charge in [0, 0.05) is 35.7 Å². The minimum absolute atomic E-state index is 0.0734. The van der Waals surface area contributed by atoms with Crippen molar-refractivity contribution >= 4 is 17.3 Å². The molecule has 0 radical (unpaired) electrons. The van der Waals surface area contributed by atoms with Gasteiger partial charge in [0.15, 0.2) is 11.7 Å². The average Bonchev–Trinajstić information content (AvgIpc) is 2.84. The van der Waals surface area contributed by atoms with Crippen molar-refractivity contribution in [1.82, 2.24) is 10.3 Å². The molecule has 0 aliphatic rings. The summed E-state index contributed by atoms with van der Waals surface area (Å²) in [6.45, 7) is 0.746. The lowest BCUT2D eigenvalue weighted by Crippen LogP contribution is -2.10. The molecule has 0 saturated heterocycles. The molecule has 7 heteroatoms. The highest BCUT2D eigenvalue weighted by Gasteiger charge is 2.13. The predicted molar refractivity (Wildman–Crippen MR) is 71.2 cm³/mol. The van der Waals surface area contributed by atoms with Crippen LogP contribution in [0.15, 0.2) is 28.8 Å². The van der Waals surface area contributed by atoms with Gasteiger partial charge in [-0.3, -0.25) is 10.1 Å². The summed E-state index contributed by atoms with van der Waals surface area (Å²) in [6.07, 6.45) is 2.19. The van der Waals surface area contributed by atoms with Crippen molar-refractivity contribution in [2.75, 3.05) is 13.6 Å². The Bertz CT molecular complexity index is 598. The maximum Gasteiger partial charge on any atom is 0.271 e. The summed E-state index contributed by atoms with van der Waals surface area (Å²) in [7, 11) is 1.84. The largest absolute Gasteiger partial charge is 0.441 e. The van der Waals surface area contributed by atoms with Crippen LogP contribution in [0.2, 0.25) is 5.02 Å². The Morgan fingerprint density at radius 3 is 2.95 bits per heavy atom. The molecular formula is C12H12ClN3O3. The van der Waals surface area contributed by atoms with Crippen LogP contribution in [0.4, 0.5) is 5.69 Å². The Hall–Kier alpha value is -1.92. The first-order valence-electron chi connectivity index (χ1n) is 5.65. The Labute approximate surface area is 114 Å². The number of nitrogens with zero attached hydrogens (tertiary/aromatic N) is 2. The standard InChI is InChI=1S/C12H12ClN3O3/c1-14-3-2-12-15-7-11(19-12)8-4-9(13)6-10(5-8)16(17)18/h4-7,14H,2-3H2,1H3. The number of hydrogen-bond donors (Lipinski definition) is 1. The Morgan fingerprint density at radius 2 is 2.26 bits per heavy atom. The molecule has 0 amide bonds. The summed E-state index contributed by atoms with van der Waals surface area (Å²) in [5, 5.41) is 14.1. The second-order valence-electron chi connectivity index (χ2n) is 3.93. The van der Waals surface area contributed by atoms with E-state index in [1.165, 1.54) is 12.1 Å². The maximum atomic E-state index is 10.8. The van der Waals surface area contributed by atoms with Crippen LogP contribution >= 0.6 is 11.6 Å². The summed E-state index contributed by atoms with van der Waals surface area (Å²) in [5.74, 6) is 1.05. The molecule has 0 spiro atoms. The molecule has 0 aliphatic carbocycles. The molecule has 1 aromatic heterocycles. The summed E-state index contributed by atoms with van der Waals surface area (Å²) >= 11 is 5.86. The third kappa shape index (κ3) is 3.30. The molecule has 0 unspecified atom stereocenters. The monoisotopic (exact) mass is 281 g/mol. The van der Waals surface area contributed by atoms with E-state index in [4.69, 9.17) is 16.0 Å². The van der Waals surface area contributed by atoms with E-state index in [1.54, 1.807) is 12.3 Å². The molecule has 2 rings (SSSR count). The van der Waals surface area contributed by atoms with E-state index in [2.05, 4.69) is 10.3 Å². The van der Waals surface area contributed by atoms with Crippen LogP contribution in [-0.2, 0) is 6.42 Å². The number of aromatic nitrogens is 1. The van der Waals surface area contributed by atoms with Crippen LogP contribution in [0.25, 0.3) is 11.3 Å². The van der Waals surface area contributed by atoms with Crippen molar-refractivity contribution in [1.29, 1.82) is 0 Å². The van der Waals surface area contributed by atoms with Crippen LogP contribution in [0.5, 0.6) is 0 Å². The van der Waals surface area contributed by atoms with Gasteiger partial charge in [-0.2, -0.15) is 0 Å². The minimum atomic E-state index is -0.492. The van der Waals surface area contributed by atoms with Crippen LogP contribution in [-0.4, -0.2) is 23.5 Å². The van der Waals surface area contributed by atoms with Crippen molar-refractivity contribution in [3.05, 3.63) is 45.4 Å². The maximum absolute atomic E-state index is 10.8. The van der Waals surface area contributed by atoms with Crippen molar-refractivity contribution in [2.45, 2.75) is 6.42 Å². The first-order valence-corrected chi connectivity index (χ1v) is 6.02. The summed E-state index contributed by atoms with van der Waals surface area (Å²) in [4.78, 5) is 14.4. The van der Waals surface area contributed by atoms with Gasteiger partial charge in [0.2, 0.25) is 0 Å². The zero-order chi connectivity index (χ0) is 13.8.